The molecule has 1 fully saturated rings. The Balaban J connectivity index is 1.48. The Kier molecular flexibility index (Phi) is 9.22. The molecule has 0 bridgehead atoms. The number of likely N-dealkylation sites (tertiary alicyclic amines) is 1. The van der Waals surface area contributed by atoms with Gasteiger partial charge in [0.05, 0.1) is 4.92 Å². The summed E-state index contributed by atoms with van der Waals surface area (Å²) >= 11 is 5.56. The highest BCUT2D eigenvalue weighted by Gasteiger charge is 2.35. The van der Waals surface area contributed by atoms with Gasteiger partial charge in [-0.25, -0.2) is 0 Å². The number of hydrogen-bond acceptors (Lipinski definition) is 5. The Labute approximate surface area is 233 Å². The van der Waals surface area contributed by atoms with Gasteiger partial charge in [-0.2, -0.15) is 0 Å². The van der Waals surface area contributed by atoms with Crippen molar-refractivity contribution >= 4 is 40.5 Å². The molecule has 39 heavy (non-hydrogen) atoms. The zero-order chi connectivity index (χ0) is 27.8. The fourth-order valence-corrected chi connectivity index (χ4v) is 5.06. The van der Waals surface area contributed by atoms with Crippen LogP contribution in [0.3, 0.4) is 0 Å². The van der Waals surface area contributed by atoms with E-state index in [9.17, 15) is 19.7 Å². The fourth-order valence-electron chi connectivity index (χ4n) is 4.73. The first-order valence-corrected chi connectivity index (χ1v) is 13.2. The third kappa shape index (κ3) is 7.17. The Morgan fingerprint density at radius 1 is 1.03 bits per heavy atom. The Bertz CT molecular complexity index is 1320. The third-order valence-corrected chi connectivity index (χ3v) is 7.03. The van der Waals surface area contributed by atoms with Gasteiger partial charge in [0.1, 0.15) is 17.8 Å². The maximum absolute atomic E-state index is 13.6. The molecule has 2 atom stereocenters. The van der Waals surface area contributed by atoms with Crippen LogP contribution in [-0.2, 0) is 22.6 Å². The summed E-state index contributed by atoms with van der Waals surface area (Å²) in [5.41, 5.74) is 2.08. The number of amides is 2. The number of anilines is 1. The fraction of sp³-hybridized carbons (Fsp3) is 0.276. The third-order valence-electron chi connectivity index (χ3n) is 6.69. The van der Waals surface area contributed by atoms with Crippen LogP contribution in [0.15, 0.2) is 84.9 Å². The lowest BCUT2D eigenvalue weighted by Gasteiger charge is -2.30. The van der Waals surface area contributed by atoms with Crippen molar-refractivity contribution in [3.05, 3.63) is 106 Å². The summed E-state index contributed by atoms with van der Waals surface area (Å²) in [4.78, 5) is 41.4. The molecule has 1 aliphatic rings. The smallest absolute Gasteiger partial charge is 0.292 e. The van der Waals surface area contributed by atoms with Crippen molar-refractivity contribution < 1.29 is 14.5 Å². The number of carbonyl (C=O) groups excluding carboxylic acids is 2. The van der Waals surface area contributed by atoms with Gasteiger partial charge in [-0.15, -0.1) is 0 Å². The number of carbonyl (C=O) groups is 2. The number of nitro groups is 1. The van der Waals surface area contributed by atoms with E-state index in [-0.39, 0.29) is 28.3 Å². The van der Waals surface area contributed by atoms with Gasteiger partial charge in [0, 0.05) is 32.6 Å². The summed E-state index contributed by atoms with van der Waals surface area (Å²) in [6, 6.07) is 24.1. The van der Waals surface area contributed by atoms with E-state index in [1.165, 1.54) is 6.07 Å². The first kappa shape index (κ1) is 27.7. The first-order chi connectivity index (χ1) is 18.8. The summed E-state index contributed by atoms with van der Waals surface area (Å²) in [5.74, 6) is -0.497. The lowest BCUT2D eigenvalue weighted by molar-refractivity contribution is -0.383. The Morgan fingerprint density at radius 2 is 1.64 bits per heavy atom. The molecule has 1 aliphatic heterocycles. The van der Waals surface area contributed by atoms with Crippen LogP contribution in [0, 0.1) is 10.1 Å². The topological polar surface area (TPSA) is 108 Å². The molecule has 0 spiro atoms. The summed E-state index contributed by atoms with van der Waals surface area (Å²) in [6.07, 6.45) is 1.62. The van der Waals surface area contributed by atoms with Crippen molar-refractivity contribution in [2.24, 2.45) is 0 Å². The molecule has 0 aromatic heterocycles. The molecule has 10 heteroatoms. The normalized spacial score (nSPS) is 15.3. The van der Waals surface area contributed by atoms with Crippen LogP contribution in [0.25, 0.3) is 0 Å². The zero-order valence-corrected chi connectivity index (χ0v) is 22.5. The quantitative estimate of drug-likeness (QED) is 0.236. The zero-order valence-electron chi connectivity index (χ0n) is 21.7. The molecule has 202 valence electrons. The van der Waals surface area contributed by atoms with Crippen LogP contribution in [0.4, 0.5) is 11.4 Å². The van der Waals surface area contributed by atoms with Crippen molar-refractivity contribution in [2.75, 3.05) is 18.9 Å². The number of benzene rings is 3. The van der Waals surface area contributed by atoms with Gasteiger partial charge < -0.3 is 20.4 Å². The Morgan fingerprint density at radius 3 is 2.31 bits per heavy atom. The number of nitrogens with zero attached hydrogens (tertiary/aromatic N) is 3. The van der Waals surface area contributed by atoms with Gasteiger partial charge >= 0.3 is 0 Å². The first-order valence-electron chi connectivity index (χ1n) is 12.8. The van der Waals surface area contributed by atoms with Crippen LogP contribution in [0.2, 0.25) is 0 Å². The molecule has 1 saturated heterocycles. The number of likely N-dealkylation sites (N-methyl/N-ethyl adjacent to an activating group) is 1. The molecule has 0 saturated carbocycles. The van der Waals surface area contributed by atoms with Crippen LogP contribution in [0.1, 0.15) is 24.0 Å². The van der Waals surface area contributed by atoms with E-state index in [1.54, 1.807) is 35.0 Å². The average Bonchev–Trinajstić information content (AvgIpc) is 3.44. The molecule has 2 N–H and O–H groups in total. The van der Waals surface area contributed by atoms with Crippen molar-refractivity contribution in [1.29, 1.82) is 0 Å². The minimum Gasteiger partial charge on any atom is -0.342 e. The van der Waals surface area contributed by atoms with E-state index in [2.05, 4.69) is 10.6 Å². The minimum absolute atomic E-state index is 0.102. The summed E-state index contributed by atoms with van der Waals surface area (Å²) in [7, 11) is 1.73. The summed E-state index contributed by atoms with van der Waals surface area (Å²) in [6.45, 7) is 0.940. The van der Waals surface area contributed by atoms with E-state index in [4.69, 9.17) is 12.2 Å². The van der Waals surface area contributed by atoms with Gasteiger partial charge in [-0.1, -0.05) is 72.8 Å². The van der Waals surface area contributed by atoms with Crippen LogP contribution in [-0.4, -0.2) is 57.3 Å². The van der Waals surface area contributed by atoms with Gasteiger partial charge in [0.2, 0.25) is 11.8 Å². The number of hydrogen-bond donors (Lipinski definition) is 2. The van der Waals surface area contributed by atoms with Crippen molar-refractivity contribution in [3.63, 3.8) is 0 Å². The van der Waals surface area contributed by atoms with E-state index >= 15 is 0 Å². The summed E-state index contributed by atoms with van der Waals surface area (Å²) < 4.78 is 0. The standard InChI is InChI=1S/C29H31N5O4S/c1-32(20-22-13-6-3-7-14-22)28(36)24(19-21-11-4-2-5-12-21)30-27(35)26-17-10-18-33(26)29(39)31-23-15-8-9-16-25(23)34(37)38/h2-9,11-16,24,26H,10,17-20H2,1H3,(H,30,35)(H,31,39)/t24-,26-/m1/s1. The van der Waals surface area contributed by atoms with Crippen LogP contribution < -0.4 is 10.6 Å². The molecule has 0 aliphatic carbocycles. The van der Waals surface area contributed by atoms with E-state index in [0.29, 0.717) is 25.9 Å². The predicted molar refractivity (Wildman–Crippen MR) is 154 cm³/mol. The van der Waals surface area contributed by atoms with Crippen LogP contribution in [0.5, 0.6) is 0 Å². The molecule has 3 aromatic carbocycles. The monoisotopic (exact) mass is 545 g/mol. The average molecular weight is 546 g/mol. The van der Waals surface area contributed by atoms with E-state index in [1.807, 2.05) is 60.7 Å². The highest BCUT2D eigenvalue weighted by Crippen LogP contribution is 2.26. The molecule has 1 heterocycles. The minimum atomic E-state index is -0.771. The molecule has 0 unspecified atom stereocenters. The van der Waals surface area contributed by atoms with Gasteiger partial charge in [-0.05, 0) is 42.3 Å². The maximum Gasteiger partial charge on any atom is 0.292 e. The number of para-hydroxylation sites is 2. The highest BCUT2D eigenvalue weighted by molar-refractivity contribution is 7.80. The lowest BCUT2D eigenvalue weighted by atomic mass is 10.0. The predicted octanol–water partition coefficient (Wildman–Crippen LogP) is 4.14. The number of nitro benzene ring substituents is 1. The van der Waals surface area contributed by atoms with Crippen molar-refractivity contribution in [1.82, 2.24) is 15.1 Å². The lowest BCUT2D eigenvalue weighted by Crippen LogP contribution is -2.54. The van der Waals surface area contributed by atoms with Crippen molar-refractivity contribution in [3.8, 4) is 0 Å². The van der Waals surface area contributed by atoms with Gasteiger partial charge in [-0.3, -0.25) is 19.7 Å². The van der Waals surface area contributed by atoms with Crippen molar-refractivity contribution in [2.45, 2.75) is 37.9 Å². The molecular weight excluding hydrogens is 514 g/mol. The van der Waals surface area contributed by atoms with E-state index in [0.717, 1.165) is 17.5 Å². The SMILES string of the molecule is CN(Cc1ccccc1)C(=O)[C@@H](Cc1ccccc1)NC(=O)[C@H]1CCCN1C(=S)Nc1ccccc1[N+](=O)[O-]. The van der Waals surface area contributed by atoms with E-state index < -0.39 is 17.0 Å². The molecular formula is C29H31N5O4S. The Hall–Kier alpha value is -4.31. The number of rotatable bonds is 9. The highest BCUT2D eigenvalue weighted by atomic mass is 32.1. The molecule has 3 aromatic rings. The molecule has 0 radical (unpaired) electrons. The number of nitrogens with one attached hydrogen (secondary N) is 2. The second-order valence-corrected chi connectivity index (χ2v) is 9.87. The molecule has 2 amide bonds. The van der Waals surface area contributed by atoms with Crippen LogP contribution >= 0.6 is 12.2 Å². The second-order valence-electron chi connectivity index (χ2n) is 9.49. The largest absolute Gasteiger partial charge is 0.342 e. The van der Waals surface area contributed by atoms with Gasteiger partial charge in [0.25, 0.3) is 5.69 Å². The van der Waals surface area contributed by atoms with Gasteiger partial charge in [0.15, 0.2) is 5.11 Å². The molecule has 9 nitrogen and oxygen atoms in total. The summed E-state index contributed by atoms with van der Waals surface area (Å²) in [5, 5.41) is 17.6. The maximum atomic E-state index is 13.6. The second kappa shape index (κ2) is 13.0. The number of thiocarbonyl (C=S) groups is 1. The molecule has 4 rings (SSSR count).